The lowest BCUT2D eigenvalue weighted by molar-refractivity contribution is -0.149. The van der Waals surface area contributed by atoms with Gasteiger partial charge in [0.15, 0.2) is 0 Å². The molecule has 2 bridgehead atoms. The molecular formula is C9H14ClNO2. The zero-order chi connectivity index (χ0) is 9.59. The average Bonchev–Trinajstić information content (AvgIpc) is 2.15. The van der Waals surface area contributed by atoms with Crippen LogP contribution in [0.5, 0.6) is 0 Å². The summed E-state index contributed by atoms with van der Waals surface area (Å²) in [6, 6.07) is 0. The topological polar surface area (TPSA) is 40.5 Å². The Hall–Kier alpha value is -0.280. The molecule has 0 aromatic rings. The van der Waals surface area contributed by atoms with Gasteiger partial charge in [-0.3, -0.25) is 4.79 Å². The molecule has 0 radical (unpaired) electrons. The van der Waals surface area contributed by atoms with E-state index >= 15 is 0 Å². The predicted octanol–water partition coefficient (Wildman–Crippen LogP) is 0.453. The molecule has 1 unspecified atom stereocenters. The number of nitrogens with zero attached hydrogens (tertiary/aromatic N) is 1. The SMILES string of the molecule is C[C@@H](Cl)C(=O)N1C[C@H]2C[C@@H](C1)C2O. The third kappa shape index (κ3) is 1.44. The highest BCUT2D eigenvalue weighted by Crippen LogP contribution is 2.40. The van der Waals surface area contributed by atoms with E-state index in [1.54, 1.807) is 11.8 Å². The number of piperidine rings is 2. The first kappa shape index (κ1) is 9.28. The highest BCUT2D eigenvalue weighted by molar-refractivity contribution is 6.30. The first-order valence-corrected chi connectivity index (χ1v) is 5.14. The maximum absolute atomic E-state index is 11.5. The number of hydrogen-bond acceptors (Lipinski definition) is 2. The van der Waals surface area contributed by atoms with Crippen molar-refractivity contribution in [3.63, 3.8) is 0 Å². The number of alkyl halides is 1. The molecule has 4 atom stereocenters. The molecule has 0 spiro atoms. The Morgan fingerprint density at radius 3 is 2.46 bits per heavy atom. The largest absolute Gasteiger partial charge is 0.392 e. The maximum atomic E-state index is 11.5. The summed E-state index contributed by atoms with van der Waals surface area (Å²) >= 11 is 5.71. The third-order valence-corrected chi connectivity index (χ3v) is 3.32. The Morgan fingerprint density at radius 1 is 1.54 bits per heavy atom. The minimum Gasteiger partial charge on any atom is -0.392 e. The first-order valence-electron chi connectivity index (χ1n) is 4.70. The second-order valence-electron chi connectivity index (χ2n) is 4.11. The Kier molecular flexibility index (Phi) is 2.24. The van der Waals surface area contributed by atoms with E-state index in [-0.39, 0.29) is 12.0 Å². The van der Waals surface area contributed by atoms with Crippen LogP contribution in [0.3, 0.4) is 0 Å². The molecule has 3 rings (SSSR count). The molecule has 2 saturated heterocycles. The van der Waals surface area contributed by atoms with E-state index in [0.29, 0.717) is 24.9 Å². The predicted molar refractivity (Wildman–Crippen MR) is 49.5 cm³/mol. The molecule has 1 N–H and O–H groups in total. The number of amides is 1. The Bertz CT molecular complexity index is 220. The summed E-state index contributed by atoms with van der Waals surface area (Å²) in [5.74, 6) is 0.611. The summed E-state index contributed by atoms with van der Waals surface area (Å²) in [4.78, 5) is 13.3. The lowest BCUT2D eigenvalue weighted by Gasteiger charge is -2.51. The van der Waals surface area contributed by atoms with Crippen LogP contribution in [0, 0.1) is 11.8 Å². The highest BCUT2D eigenvalue weighted by atomic mass is 35.5. The van der Waals surface area contributed by atoms with Crippen molar-refractivity contribution in [1.29, 1.82) is 0 Å². The molecule has 2 aliphatic heterocycles. The molecule has 4 heteroatoms. The second-order valence-corrected chi connectivity index (χ2v) is 4.76. The Labute approximate surface area is 82.7 Å². The molecule has 1 amide bonds. The standard InChI is InChI=1S/C9H14ClNO2/c1-5(10)9(13)11-3-6-2-7(4-11)8(6)12/h5-8,12H,2-4H2,1H3/t5-,6-,7+,8?/m1/s1. The zero-order valence-corrected chi connectivity index (χ0v) is 8.37. The van der Waals surface area contributed by atoms with E-state index in [0.717, 1.165) is 6.42 Å². The summed E-state index contributed by atoms with van der Waals surface area (Å²) in [5.41, 5.74) is 0. The summed E-state index contributed by atoms with van der Waals surface area (Å²) in [6.45, 7) is 3.07. The van der Waals surface area contributed by atoms with Crippen molar-refractivity contribution in [2.75, 3.05) is 13.1 Å². The minimum absolute atomic E-state index is 0.00302. The molecule has 1 aliphatic carbocycles. The molecule has 3 nitrogen and oxygen atoms in total. The molecule has 2 heterocycles. The number of aliphatic hydroxyl groups excluding tert-OH is 1. The van der Waals surface area contributed by atoms with E-state index < -0.39 is 5.38 Å². The van der Waals surface area contributed by atoms with Crippen LogP contribution < -0.4 is 0 Å². The number of fused-ring (bicyclic) bond motifs is 2. The van der Waals surface area contributed by atoms with E-state index in [1.807, 2.05) is 0 Å². The number of hydrogen-bond donors (Lipinski definition) is 1. The number of halogens is 1. The van der Waals surface area contributed by atoms with Crippen LogP contribution in [0.1, 0.15) is 13.3 Å². The Balaban J connectivity index is 1.95. The van der Waals surface area contributed by atoms with E-state index in [4.69, 9.17) is 11.6 Å². The van der Waals surface area contributed by atoms with Crippen LogP contribution in [-0.2, 0) is 4.79 Å². The van der Waals surface area contributed by atoms with Crippen molar-refractivity contribution < 1.29 is 9.90 Å². The van der Waals surface area contributed by atoms with Gasteiger partial charge in [-0.1, -0.05) is 0 Å². The zero-order valence-electron chi connectivity index (χ0n) is 7.61. The van der Waals surface area contributed by atoms with Gasteiger partial charge in [0.1, 0.15) is 5.38 Å². The van der Waals surface area contributed by atoms with Gasteiger partial charge in [0.05, 0.1) is 6.10 Å². The lowest BCUT2D eigenvalue weighted by atomic mass is 9.68. The normalized spacial score (nSPS) is 39.6. The van der Waals surface area contributed by atoms with Gasteiger partial charge in [0.25, 0.3) is 0 Å². The second kappa shape index (κ2) is 3.14. The van der Waals surface area contributed by atoms with Gasteiger partial charge in [-0.15, -0.1) is 11.6 Å². The van der Waals surface area contributed by atoms with Crippen molar-refractivity contribution in [3.05, 3.63) is 0 Å². The van der Waals surface area contributed by atoms with Crippen molar-refractivity contribution >= 4 is 17.5 Å². The van der Waals surface area contributed by atoms with Crippen LogP contribution in [0.4, 0.5) is 0 Å². The van der Waals surface area contributed by atoms with Crippen molar-refractivity contribution in [2.24, 2.45) is 11.8 Å². The molecule has 1 saturated carbocycles. The summed E-state index contributed by atoms with van der Waals surface area (Å²) < 4.78 is 0. The van der Waals surface area contributed by atoms with Gasteiger partial charge >= 0.3 is 0 Å². The van der Waals surface area contributed by atoms with E-state index in [1.165, 1.54) is 0 Å². The van der Waals surface area contributed by atoms with E-state index in [2.05, 4.69) is 0 Å². The smallest absolute Gasteiger partial charge is 0.240 e. The van der Waals surface area contributed by atoms with Gasteiger partial charge in [0, 0.05) is 24.9 Å². The summed E-state index contributed by atoms with van der Waals surface area (Å²) in [6.07, 6.45) is 0.899. The van der Waals surface area contributed by atoms with Gasteiger partial charge < -0.3 is 10.0 Å². The van der Waals surface area contributed by atoms with Crippen LogP contribution in [0.2, 0.25) is 0 Å². The van der Waals surface area contributed by atoms with Crippen LogP contribution in [0.15, 0.2) is 0 Å². The van der Waals surface area contributed by atoms with Gasteiger partial charge in [-0.2, -0.15) is 0 Å². The minimum atomic E-state index is -0.436. The third-order valence-electron chi connectivity index (χ3n) is 3.13. The fourth-order valence-corrected chi connectivity index (χ4v) is 2.43. The fourth-order valence-electron chi connectivity index (χ4n) is 2.29. The van der Waals surface area contributed by atoms with Crippen LogP contribution >= 0.6 is 11.6 Å². The van der Waals surface area contributed by atoms with Crippen molar-refractivity contribution in [3.8, 4) is 0 Å². The quantitative estimate of drug-likeness (QED) is 0.629. The van der Waals surface area contributed by atoms with Gasteiger partial charge in [0.2, 0.25) is 5.91 Å². The van der Waals surface area contributed by atoms with Crippen molar-refractivity contribution in [2.45, 2.75) is 24.8 Å². The van der Waals surface area contributed by atoms with Crippen molar-refractivity contribution in [1.82, 2.24) is 4.90 Å². The molecule has 3 fully saturated rings. The molecule has 0 aromatic heterocycles. The summed E-state index contributed by atoms with van der Waals surface area (Å²) in [7, 11) is 0. The van der Waals surface area contributed by atoms with Crippen LogP contribution in [-0.4, -0.2) is 40.5 Å². The first-order chi connectivity index (χ1) is 6.09. The highest BCUT2D eigenvalue weighted by Gasteiger charge is 2.47. The maximum Gasteiger partial charge on any atom is 0.240 e. The molecule has 0 aromatic carbocycles. The molecule has 3 aliphatic rings. The average molecular weight is 204 g/mol. The number of rotatable bonds is 1. The number of carbonyl (C=O) groups excluding carboxylic acids is 1. The summed E-state index contributed by atoms with van der Waals surface area (Å²) in [5, 5.41) is 9.06. The van der Waals surface area contributed by atoms with Gasteiger partial charge in [-0.05, 0) is 13.3 Å². The molecule has 13 heavy (non-hydrogen) atoms. The monoisotopic (exact) mass is 203 g/mol. The number of aliphatic hydroxyl groups is 1. The number of carbonyl (C=O) groups is 1. The van der Waals surface area contributed by atoms with Crippen LogP contribution in [0.25, 0.3) is 0 Å². The van der Waals surface area contributed by atoms with Gasteiger partial charge in [-0.25, -0.2) is 0 Å². The fraction of sp³-hybridized carbons (Fsp3) is 0.889. The van der Waals surface area contributed by atoms with E-state index in [9.17, 15) is 9.90 Å². The Morgan fingerprint density at radius 2 is 2.08 bits per heavy atom. The molecule has 74 valence electrons. The lowest BCUT2D eigenvalue weighted by Crippen LogP contribution is -2.60. The molecular weight excluding hydrogens is 190 g/mol.